The molecule has 0 aliphatic rings. The highest BCUT2D eigenvalue weighted by Gasteiger charge is 2.02. The number of thioether (sulfide) groups is 1. The number of hydrogen-bond acceptors (Lipinski definition) is 2. The molecule has 0 aromatic heterocycles. The van der Waals surface area contributed by atoms with Crippen LogP contribution >= 0.6 is 11.8 Å². The lowest BCUT2D eigenvalue weighted by atomic mass is 10.1. The number of carbonyl (C=O) groups is 1. The molecule has 0 atom stereocenters. The lowest BCUT2D eigenvalue weighted by Gasteiger charge is -2.04. The Morgan fingerprint density at radius 2 is 1.88 bits per heavy atom. The molecular formula is C13H12O2S. The number of carboxylic acids is 1. The standard InChI is InChI=1S/C13H12O2S/c14-13(15)8-9-16-12-7-3-5-10-4-1-2-6-11(10)12/h1-7H,8-9H2,(H,14,15). The Morgan fingerprint density at radius 3 is 2.69 bits per heavy atom. The molecule has 0 fully saturated rings. The van der Waals surface area contributed by atoms with Crippen molar-refractivity contribution in [3.63, 3.8) is 0 Å². The molecule has 0 aliphatic heterocycles. The van der Waals surface area contributed by atoms with E-state index in [0.29, 0.717) is 5.75 Å². The third-order valence-electron chi connectivity index (χ3n) is 2.32. The first kappa shape index (κ1) is 11.0. The first-order valence-corrected chi connectivity index (χ1v) is 6.08. The molecule has 0 saturated carbocycles. The van der Waals surface area contributed by atoms with Crippen LogP contribution in [0.1, 0.15) is 6.42 Å². The summed E-state index contributed by atoms with van der Waals surface area (Å²) in [5, 5.41) is 11.0. The van der Waals surface area contributed by atoms with Gasteiger partial charge in [-0.25, -0.2) is 0 Å². The van der Waals surface area contributed by atoms with Gasteiger partial charge in [0.25, 0.3) is 0 Å². The van der Waals surface area contributed by atoms with E-state index in [0.717, 1.165) is 4.90 Å². The molecule has 3 heteroatoms. The van der Waals surface area contributed by atoms with Gasteiger partial charge in [-0.05, 0) is 16.8 Å². The number of benzene rings is 2. The van der Waals surface area contributed by atoms with Gasteiger partial charge in [-0.3, -0.25) is 4.79 Å². The van der Waals surface area contributed by atoms with E-state index in [9.17, 15) is 4.79 Å². The van der Waals surface area contributed by atoms with E-state index < -0.39 is 5.97 Å². The van der Waals surface area contributed by atoms with Gasteiger partial charge in [-0.1, -0.05) is 36.4 Å². The molecule has 2 aromatic rings. The molecule has 0 unspecified atom stereocenters. The summed E-state index contributed by atoms with van der Waals surface area (Å²) in [6, 6.07) is 14.3. The summed E-state index contributed by atoms with van der Waals surface area (Å²) >= 11 is 1.60. The van der Waals surface area contributed by atoms with Crippen molar-refractivity contribution in [1.82, 2.24) is 0 Å². The quantitative estimate of drug-likeness (QED) is 0.821. The minimum absolute atomic E-state index is 0.202. The van der Waals surface area contributed by atoms with Crippen LogP contribution in [-0.4, -0.2) is 16.8 Å². The maximum atomic E-state index is 10.4. The second-order valence-electron chi connectivity index (χ2n) is 3.47. The van der Waals surface area contributed by atoms with E-state index in [2.05, 4.69) is 18.2 Å². The molecule has 0 saturated heterocycles. The Balaban J connectivity index is 2.20. The Labute approximate surface area is 98.3 Å². The Hall–Kier alpha value is -1.48. The minimum atomic E-state index is -0.743. The third kappa shape index (κ3) is 2.55. The van der Waals surface area contributed by atoms with Crippen LogP contribution < -0.4 is 0 Å². The topological polar surface area (TPSA) is 37.3 Å². The van der Waals surface area contributed by atoms with Crippen molar-refractivity contribution in [2.45, 2.75) is 11.3 Å². The van der Waals surface area contributed by atoms with Crippen molar-refractivity contribution in [3.8, 4) is 0 Å². The van der Waals surface area contributed by atoms with Gasteiger partial charge in [-0.15, -0.1) is 11.8 Å². The van der Waals surface area contributed by atoms with Crippen LogP contribution in [0, 0.1) is 0 Å². The molecule has 0 bridgehead atoms. The second-order valence-corrected chi connectivity index (χ2v) is 4.61. The highest BCUT2D eigenvalue weighted by atomic mass is 32.2. The molecule has 0 radical (unpaired) electrons. The van der Waals surface area contributed by atoms with Gasteiger partial charge in [0.2, 0.25) is 0 Å². The monoisotopic (exact) mass is 232 g/mol. The molecule has 1 N–H and O–H groups in total. The Morgan fingerprint density at radius 1 is 1.12 bits per heavy atom. The van der Waals surface area contributed by atoms with Gasteiger partial charge < -0.3 is 5.11 Å². The van der Waals surface area contributed by atoms with Gasteiger partial charge in [0.1, 0.15) is 0 Å². The number of aliphatic carboxylic acids is 1. The van der Waals surface area contributed by atoms with Crippen LogP contribution in [0.3, 0.4) is 0 Å². The average Bonchev–Trinajstić information content (AvgIpc) is 2.29. The first-order chi connectivity index (χ1) is 7.77. The van der Waals surface area contributed by atoms with Crippen molar-refractivity contribution in [2.75, 3.05) is 5.75 Å². The fourth-order valence-corrected chi connectivity index (χ4v) is 2.58. The van der Waals surface area contributed by atoms with Gasteiger partial charge in [0.05, 0.1) is 6.42 Å². The Bertz CT molecular complexity index is 503. The fourth-order valence-electron chi connectivity index (χ4n) is 1.57. The van der Waals surface area contributed by atoms with Crippen LogP contribution in [0.4, 0.5) is 0 Å². The van der Waals surface area contributed by atoms with E-state index in [-0.39, 0.29) is 6.42 Å². The summed E-state index contributed by atoms with van der Waals surface area (Å²) < 4.78 is 0. The number of carboxylic acid groups (broad SMARTS) is 1. The largest absolute Gasteiger partial charge is 0.481 e. The molecule has 2 aromatic carbocycles. The molecule has 2 nitrogen and oxygen atoms in total. The lowest BCUT2D eigenvalue weighted by molar-refractivity contribution is -0.136. The summed E-state index contributed by atoms with van der Waals surface area (Å²) in [6.07, 6.45) is 0.202. The summed E-state index contributed by atoms with van der Waals surface area (Å²) in [6.45, 7) is 0. The van der Waals surface area contributed by atoms with Crippen molar-refractivity contribution in [2.24, 2.45) is 0 Å². The van der Waals surface area contributed by atoms with E-state index in [4.69, 9.17) is 5.11 Å². The zero-order chi connectivity index (χ0) is 11.4. The summed E-state index contributed by atoms with van der Waals surface area (Å²) in [5.74, 6) is -0.128. The predicted molar refractivity (Wildman–Crippen MR) is 66.9 cm³/mol. The molecule has 0 spiro atoms. The minimum Gasteiger partial charge on any atom is -0.481 e. The zero-order valence-corrected chi connectivity index (χ0v) is 9.54. The first-order valence-electron chi connectivity index (χ1n) is 5.10. The Kier molecular flexibility index (Phi) is 3.47. The summed E-state index contributed by atoms with van der Waals surface area (Å²) in [5.41, 5.74) is 0. The average molecular weight is 232 g/mol. The molecular weight excluding hydrogens is 220 g/mol. The van der Waals surface area contributed by atoms with Crippen LogP contribution in [0.5, 0.6) is 0 Å². The van der Waals surface area contributed by atoms with Crippen molar-refractivity contribution < 1.29 is 9.90 Å². The third-order valence-corrected chi connectivity index (χ3v) is 3.40. The van der Waals surface area contributed by atoms with Crippen LogP contribution in [0.25, 0.3) is 10.8 Å². The second kappa shape index (κ2) is 5.03. The lowest BCUT2D eigenvalue weighted by Crippen LogP contribution is -1.95. The fraction of sp³-hybridized carbons (Fsp3) is 0.154. The van der Waals surface area contributed by atoms with Gasteiger partial charge in [0.15, 0.2) is 0 Å². The van der Waals surface area contributed by atoms with Crippen LogP contribution in [-0.2, 0) is 4.79 Å². The maximum absolute atomic E-state index is 10.4. The van der Waals surface area contributed by atoms with Gasteiger partial charge >= 0.3 is 5.97 Å². The van der Waals surface area contributed by atoms with Crippen molar-refractivity contribution >= 4 is 28.5 Å². The molecule has 0 aliphatic carbocycles. The molecule has 82 valence electrons. The van der Waals surface area contributed by atoms with Gasteiger partial charge in [-0.2, -0.15) is 0 Å². The van der Waals surface area contributed by atoms with Crippen molar-refractivity contribution in [3.05, 3.63) is 42.5 Å². The van der Waals surface area contributed by atoms with E-state index >= 15 is 0 Å². The van der Waals surface area contributed by atoms with E-state index in [1.807, 2.05) is 24.3 Å². The van der Waals surface area contributed by atoms with Crippen LogP contribution in [0.2, 0.25) is 0 Å². The predicted octanol–water partition coefficient (Wildman–Crippen LogP) is 3.41. The highest BCUT2D eigenvalue weighted by Crippen LogP contribution is 2.27. The van der Waals surface area contributed by atoms with Gasteiger partial charge in [0, 0.05) is 10.6 Å². The summed E-state index contributed by atoms with van der Waals surface area (Å²) in [4.78, 5) is 11.6. The molecule has 2 rings (SSSR count). The SMILES string of the molecule is O=C(O)CCSc1cccc2ccccc12. The maximum Gasteiger partial charge on any atom is 0.304 e. The zero-order valence-electron chi connectivity index (χ0n) is 8.72. The smallest absolute Gasteiger partial charge is 0.304 e. The molecule has 16 heavy (non-hydrogen) atoms. The van der Waals surface area contributed by atoms with Crippen LogP contribution in [0.15, 0.2) is 47.4 Å². The number of hydrogen-bond donors (Lipinski definition) is 1. The molecule has 0 amide bonds. The number of rotatable bonds is 4. The number of fused-ring (bicyclic) bond motifs is 1. The normalized spacial score (nSPS) is 10.5. The van der Waals surface area contributed by atoms with E-state index in [1.54, 1.807) is 11.8 Å². The highest BCUT2D eigenvalue weighted by molar-refractivity contribution is 7.99. The van der Waals surface area contributed by atoms with Crippen molar-refractivity contribution in [1.29, 1.82) is 0 Å². The molecule has 0 heterocycles. The van der Waals surface area contributed by atoms with E-state index in [1.165, 1.54) is 10.8 Å². The summed E-state index contributed by atoms with van der Waals surface area (Å²) in [7, 11) is 0.